The number of carbonyl (C=O) groups excluding carboxylic acids is 2. The normalized spacial score (nSPS) is 17.2. The fourth-order valence-electron chi connectivity index (χ4n) is 2.17. The van der Waals surface area contributed by atoms with Crippen LogP contribution in [0.2, 0.25) is 0 Å². The Hall–Kier alpha value is -1.24. The highest BCUT2D eigenvalue weighted by molar-refractivity contribution is 7.99. The maximum atomic E-state index is 11.9. The van der Waals surface area contributed by atoms with Gasteiger partial charge in [-0.25, -0.2) is 0 Å². The topological polar surface area (TPSA) is 70.2 Å². The van der Waals surface area contributed by atoms with Crippen molar-refractivity contribution in [1.82, 2.24) is 16.0 Å². The SMILES string of the molecule is CNC(=O)c1ccc(CNC(=O)CC2CSCCN2)cc1.Cl. The number of hydrogen-bond donors (Lipinski definition) is 3. The van der Waals surface area contributed by atoms with Crippen LogP contribution in [0.4, 0.5) is 0 Å². The Bertz CT molecular complexity index is 490. The van der Waals surface area contributed by atoms with Gasteiger partial charge in [-0.15, -0.1) is 12.4 Å². The van der Waals surface area contributed by atoms with Gasteiger partial charge < -0.3 is 16.0 Å². The van der Waals surface area contributed by atoms with E-state index in [4.69, 9.17) is 0 Å². The van der Waals surface area contributed by atoms with Crippen molar-refractivity contribution in [3.05, 3.63) is 35.4 Å². The largest absolute Gasteiger partial charge is 0.355 e. The van der Waals surface area contributed by atoms with Crippen molar-refractivity contribution >= 4 is 36.0 Å². The third-order valence-electron chi connectivity index (χ3n) is 3.36. The monoisotopic (exact) mass is 343 g/mol. The van der Waals surface area contributed by atoms with Gasteiger partial charge in [0.05, 0.1) is 0 Å². The molecule has 1 aromatic rings. The highest BCUT2D eigenvalue weighted by Gasteiger charge is 2.16. The van der Waals surface area contributed by atoms with Gasteiger partial charge in [0.2, 0.25) is 5.91 Å². The molecule has 0 aliphatic carbocycles. The van der Waals surface area contributed by atoms with E-state index in [9.17, 15) is 9.59 Å². The molecule has 1 aliphatic rings. The molecule has 5 nitrogen and oxygen atoms in total. The van der Waals surface area contributed by atoms with Crippen LogP contribution in [0.15, 0.2) is 24.3 Å². The Morgan fingerprint density at radius 1 is 1.32 bits per heavy atom. The second-order valence-electron chi connectivity index (χ2n) is 4.98. The number of thioether (sulfide) groups is 1. The molecule has 7 heteroatoms. The first-order chi connectivity index (χ1) is 10.2. The molecule has 0 radical (unpaired) electrons. The number of benzene rings is 1. The maximum absolute atomic E-state index is 11.9. The van der Waals surface area contributed by atoms with Crippen LogP contribution in [0.5, 0.6) is 0 Å². The number of carbonyl (C=O) groups is 2. The standard InChI is InChI=1S/C15H21N3O2S.ClH/c1-16-15(20)12-4-2-11(3-5-12)9-18-14(19)8-13-10-21-7-6-17-13;/h2-5,13,17H,6-10H2,1H3,(H,16,20)(H,18,19);1H. The van der Waals surface area contributed by atoms with E-state index in [1.807, 2.05) is 23.9 Å². The van der Waals surface area contributed by atoms with Crippen molar-refractivity contribution in [3.8, 4) is 0 Å². The first-order valence-electron chi connectivity index (χ1n) is 7.08. The molecule has 0 bridgehead atoms. The smallest absolute Gasteiger partial charge is 0.251 e. The second-order valence-corrected chi connectivity index (χ2v) is 6.13. The lowest BCUT2D eigenvalue weighted by Gasteiger charge is -2.22. The lowest BCUT2D eigenvalue weighted by Crippen LogP contribution is -2.41. The predicted molar refractivity (Wildman–Crippen MR) is 92.7 cm³/mol. The number of nitrogens with one attached hydrogen (secondary N) is 3. The minimum Gasteiger partial charge on any atom is -0.355 e. The van der Waals surface area contributed by atoms with Crippen molar-refractivity contribution in [3.63, 3.8) is 0 Å². The van der Waals surface area contributed by atoms with Gasteiger partial charge in [0.1, 0.15) is 0 Å². The Kier molecular flexibility index (Phi) is 8.30. The molecule has 22 heavy (non-hydrogen) atoms. The van der Waals surface area contributed by atoms with Crippen molar-refractivity contribution in [1.29, 1.82) is 0 Å². The first-order valence-corrected chi connectivity index (χ1v) is 8.23. The third kappa shape index (κ3) is 5.87. The summed E-state index contributed by atoms with van der Waals surface area (Å²) in [6, 6.07) is 7.53. The molecular formula is C15H22ClN3O2S. The average Bonchev–Trinajstić information content (AvgIpc) is 2.53. The van der Waals surface area contributed by atoms with Crippen molar-refractivity contribution in [2.24, 2.45) is 0 Å². The minimum absolute atomic E-state index is 0. The zero-order valence-electron chi connectivity index (χ0n) is 12.6. The Morgan fingerprint density at radius 3 is 2.64 bits per heavy atom. The van der Waals surface area contributed by atoms with Crippen molar-refractivity contribution < 1.29 is 9.59 Å². The highest BCUT2D eigenvalue weighted by atomic mass is 35.5. The lowest BCUT2D eigenvalue weighted by atomic mass is 10.1. The highest BCUT2D eigenvalue weighted by Crippen LogP contribution is 2.10. The third-order valence-corrected chi connectivity index (χ3v) is 4.49. The van der Waals surface area contributed by atoms with Crippen LogP contribution in [0, 0.1) is 0 Å². The van der Waals surface area contributed by atoms with Crippen LogP contribution >= 0.6 is 24.2 Å². The van der Waals surface area contributed by atoms with E-state index in [1.165, 1.54) is 0 Å². The molecule has 1 saturated heterocycles. The van der Waals surface area contributed by atoms with Gasteiger partial charge in [0.15, 0.2) is 0 Å². The molecule has 0 saturated carbocycles. The zero-order chi connectivity index (χ0) is 15.1. The molecule has 1 unspecified atom stereocenters. The summed E-state index contributed by atoms with van der Waals surface area (Å²) in [7, 11) is 1.61. The molecule has 2 amide bonds. The molecule has 1 aromatic carbocycles. The molecule has 1 heterocycles. The van der Waals surface area contributed by atoms with Crippen LogP contribution in [0.1, 0.15) is 22.3 Å². The second kappa shape index (κ2) is 9.71. The van der Waals surface area contributed by atoms with E-state index in [2.05, 4.69) is 16.0 Å². The summed E-state index contributed by atoms with van der Waals surface area (Å²) < 4.78 is 0. The molecule has 1 fully saturated rings. The van der Waals surface area contributed by atoms with E-state index >= 15 is 0 Å². The van der Waals surface area contributed by atoms with E-state index in [-0.39, 0.29) is 30.3 Å². The summed E-state index contributed by atoms with van der Waals surface area (Å²) in [6.07, 6.45) is 0.517. The summed E-state index contributed by atoms with van der Waals surface area (Å²) in [5, 5.41) is 8.85. The average molecular weight is 344 g/mol. The van der Waals surface area contributed by atoms with Crippen molar-refractivity contribution in [2.45, 2.75) is 19.0 Å². The molecule has 1 aliphatic heterocycles. The van der Waals surface area contributed by atoms with Gasteiger partial charge in [0, 0.05) is 49.7 Å². The molecule has 0 aromatic heterocycles. The number of rotatable bonds is 5. The number of amides is 2. The molecule has 122 valence electrons. The zero-order valence-corrected chi connectivity index (χ0v) is 14.2. The molecule has 3 N–H and O–H groups in total. The predicted octanol–water partition coefficient (Wildman–Crippen LogP) is 1.18. The Balaban J connectivity index is 0.00000242. The molecular weight excluding hydrogens is 322 g/mol. The van der Waals surface area contributed by atoms with Gasteiger partial charge in [-0.3, -0.25) is 9.59 Å². The van der Waals surface area contributed by atoms with Crippen molar-refractivity contribution in [2.75, 3.05) is 25.1 Å². The number of hydrogen-bond acceptors (Lipinski definition) is 4. The van der Waals surface area contributed by atoms with E-state index in [0.717, 1.165) is 23.6 Å². The molecule has 1 atom stereocenters. The van der Waals surface area contributed by atoms with Crippen LogP contribution in [-0.4, -0.2) is 43.0 Å². The Labute approximate surface area is 141 Å². The summed E-state index contributed by atoms with van der Waals surface area (Å²) in [6.45, 7) is 1.47. The van der Waals surface area contributed by atoms with E-state index in [0.29, 0.717) is 18.5 Å². The Morgan fingerprint density at radius 2 is 2.05 bits per heavy atom. The minimum atomic E-state index is -0.105. The lowest BCUT2D eigenvalue weighted by molar-refractivity contribution is -0.121. The number of halogens is 1. The van der Waals surface area contributed by atoms with Gasteiger partial charge in [-0.05, 0) is 17.7 Å². The van der Waals surface area contributed by atoms with Crippen LogP contribution in [-0.2, 0) is 11.3 Å². The fraction of sp³-hybridized carbons (Fsp3) is 0.467. The fourth-order valence-corrected chi connectivity index (χ4v) is 3.11. The summed E-state index contributed by atoms with van der Waals surface area (Å²) in [5.41, 5.74) is 1.61. The maximum Gasteiger partial charge on any atom is 0.251 e. The van der Waals surface area contributed by atoms with Gasteiger partial charge in [0.25, 0.3) is 5.91 Å². The summed E-state index contributed by atoms with van der Waals surface area (Å²) in [5.74, 6) is 2.07. The van der Waals surface area contributed by atoms with E-state index < -0.39 is 0 Å². The molecule has 0 spiro atoms. The first kappa shape index (κ1) is 18.8. The summed E-state index contributed by atoms with van der Waals surface area (Å²) >= 11 is 1.89. The van der Waals surface area contributed by atoms with E-state index in [1.54, 1.807) is 19.2 Å². The van der Waals surface area contributed by atoms with Gasteiger partial charge >= 0.3 is 0 Å². The quantitative estimate of drug-likeness (QED) is 0.751. The van der Waals surface area contributed by atoms with Crippen LogP contribution in [0.25, 0.3) is 0 Å². The van der Waals surface area contributed by atoms with Gasteiger partial charge in [-0.1, -0.05) is 12.1 Å². The van der Waals surface area contributed by atoms with Crippen LogP contribution < -0.4 is 16.0 Å². The molecule has 2 rings (SSSR count). The summed E-state index contributed by atoms with van der Waals surface area (Å²) in [4.78, 5) is 23.3. The van der Waals surface area contributed by atoms with Gasteiger partial charge in [-0.2, -0.15) is 11.8 Å². The van der Waals surface area contributed by atoms with Crippen LogP contribution in [0.3, 0.4) is 0 Å².